The summed E-state index contributed by atoms with van der Waals surface area (Å²) < 4.78 is 20.8. The van der Waals surface area contributed by atoms with Gasteiger partial charge in [0.2, 0.25) is 0 Å². The Bertz CT molecular complexity index is 290. The average molecular weight is 318 g/mol. The molecule has 0 aliphatic heterocycles. The Morgan fingerprint density at radius 1 is 0.818 bits per heavy atom. The molecule has 0 aromatic heterocycles. The summed E-state index contributed by atoms with van der Waals surface area (Å²) in [5.74, 6) is 0.163. The zero-order chi connectivity index (χ0) is 16.6. The lowest BCUT2D eigenvalue weighted by molar-refractivity contribution is -0.127. The molecule has 0 amide bonds. The Morgan fingerprint density at radius 2 is 1.41 bits per heavy atom. The van der Waals surface area contributed by atoms with Gasteiger partial charge in [-0.2, -0.15) is 0 Å². The van der Waals surface area contributed by atoms with Crippen molar-refractivity contribution in [2.75, 3.05) is 52.9 Å². The molecular weight excluding hydrogens is 288 g/mol. The number of carbonyl (C=O) groups excluding carboxylic acids is 2. The summed E-state index contributed by atoms with van der Waals surface area (Å²) in [7, 11) is 0. The number of carbonyl (C=O) groups is 2. The highest BCUT2D eigenvalue weighted by Gasteiger charge is 2.06. The van der Waals surface area contributed by atoms with Crippen molar-refractivity contribution in [3.8, 4) is 0 Å². The molecule has 0 saturated heterocycles. The molecule has 0 bridgehead atoms. The zero-order valence-corrected chi connectivity index (χ0v) is 14.1. The molecule has 6 heteroatoms. The number of rotatable bonds is 16. The standard InChI is InChI=1S/C16H30O6/c1-4-19-8-10-21-12-15(17)6-5-7-20-9-11-22-13-16(18)14(2)3/h14H,4-13H2,1-3H3. The summed E-state index contributed by atoms with van der Waals surface area (Å²) in [6.07, 6.45) is 1.11. The van der Waals surface area contributed by atoms with Crippen molar-refractivity contribution in [3.05, 3.63) is 0 Å². The molecule has 0 aromatic carbocycles. The monoisotopic (exact) mass is 318 g/mol. The second-order valence-electron chi connectivity index (χ2n) is 5.18. The summed E-state index contributed by atoms with van der Waals surface area (Å²) in [6.45, 7) is 8.84. The van der Waals surface area contributed by atoms with E-state index < -0.39 is 0 Å². The van der Waals surface area contributed by atoms with E-state index in [2.05, 4.69) is 0 Å². The van der Waals surface area contributed by atoms with Gasteiger partial charge < -0.3 is 18.9 Å². The van der Waals surface area contributed by atoms with Crippen LogP contribution in [0.4, 0.5) is 0 Å². The summed E-state index contributed by atoms with van der Waals surface area (Å²) >= 11 is 0. The van der Waals surface area contributed by atoms with Gasteiger partial charge in [0.15, 0.2) is 11.6 Å². The normalized spacial score (nSPS) is 11.1. The van der Waals surface area contributed by atoms with Crippen LogP contribution in [-0.2, 0) is 28.5 Å². The molecule has 0 aromatic rings. The van der Waals surface area contributed by atoms with Crippen LogP contribution < -0.4 is 0 Å². The van der Waals surface area contributed by atoms with E-state index in [4.69, 9.17) is 18.9 Å². The minimum Gasteiger partial charge on any atom is -0.379 e. The lowest BCUT2D eigenvalue weighted by atomic mass is 10.1. The van der Waals surface area contributed by atoms with Gasteiger partial charge in [-0.3, -0.25) is 9.59 Å². The second-order valence-corrected chi connectivity index (χ2v) is 5.18. The van der Waals surface area contributed by atoms with Gasteiger partial charge in [-0.05, 0) is 13.3 Å². The number of hydrogen-bond donors (Lipinski definition) is 0. The Hall–Kier alpha value is -0.820. The molecular formula is C16H30O6. The van der Waals surface area contributed by atoms with E-state index in [1.807, 2.05) is 20.8 Å². The molecule has 0 rings (SSSR count). The van der Waals surface area contributed by atoms with Crippen molar-refractivity contribution < 1.29 is 28.5 Å². The lowest BCUT2D eigenvalue weighted by Gasteiger charge is -2.07. The maximum Gasteiger partial charge on any atom is 0.160 e. The fourth-order valence-electron chi connectivity index (χ4n) is 1.45. The number of hydrogen-bond acceptors (Lipinski definition) is 6. The molecule has 130 valence electrons. The molecule has 0 aliphatic carbocycles. The number of ether oxygens (including phenoxy) is 4. The fourth-order valence-corrected chi connectivity index (χ4v) is 1.45. The van der Waals surface area contributed by atoms with Crippen molar-refractivity contribution in [1.29, 1.82) is 0 Å². The molecule has 0 aliphatic rings. The van der Waals surface area contributed by atoms with Gasteiger partial charge in [-0.15, -0.1) is 0 Å². The Labute approximate surface area is 133 Å². The van der Waals surface area contributed by atoms with Crippen molar-refractivity contribution in [2.45, 2.75) is 33.6 Å². The van der Waals surface area contributed by atoms with Crippen molar-refractivity contribution in [1.82, 2.24) is 0 Å². The first-order chi connectivity index (χ1) is 10.6. The van der Waals surface area contributed by atoms with E-state index in [-0.39, 0.29) is 30.7 Å². The summed E-state index contributed by atoms with van der Waals surface area (Å²) in [5.41, 5.74) is 0. The topological polar surface area (TPSA) is 71.1 Å². The molecule has 0 radical (unpaired) electrons. The van der Waals surface area contributed by atoms with Gasteiger partial charge in [0.05, 0.1) is 26.4 Å². The maximum absolute atomic E-state index is 11.5. The van der Waals surface area contributed by atoms with Gasteiger partial charge in [0, 0.05) is 25.6 Å². The van der Waals surface area contributed by atoms with Crippen molar-refractivity contribution >= 4 is 11.6 Å². The SMILES string of the molecule is CCOCCOCC(=O)CCCOCCOCC(=O)C(C)C. The third kappa shape index (κ3) is 14.1. The minimum atomic E-state index is 0.00249. The third-order valence-electron chi connectivity index (χ3n) is 2.84. The van der Waals surface area contributed by atoms with Crippen LogP contribution >= 0.6 is 0 Å². The summed E-state index contributed by atoms with van der Waals surface area (Å²) in [4.78, 5) is 22.7. The van der Waals surface area contributed by atoms with Crippen molar-refractivity contribution in [2.24, 2.45) is 5.92 Å². The van der Waals surface area contributed by atoms with Gasteiger partial charge in [0.25, 0.3) is 0 Å². The largest absolute Gasteiger partial charge is 0.379 e. The molecule has 0 atom stereocenters. The smallest absolute Gasteiger partial charge is 0.160 e. The van der Waals surface area contributed by atoms with Gasteiger partial charge in [-0.1, -0.05) is 13.8 Å². The minimum absolute atomic E-state index is 0.00249. The summed E-state index contributed by atoms with van der Waals surface area (Å²) in [6, 6.07) is 0. The number of Topliss-reactive ketones (excluding diaryl/α,β-unsaturated/α-hetero) is 2. The van der Waals surface area contributed by atoms with E-state index in [9.17, 15) is 9.59 Å². The predicted octanol–water partition coefficient (Wildman–Crippen LogP) is 1.65. The molecule has 6 nitrogen and oxygen atoms in total. The van der Waals surface area contributed by atoms with E-state index in [1.165, 1.54) is 0 Å². The van der Waals surface area contributed by atoms with E-state index in [0.717, 1.165) is 0 Å². The first-order valence-electron chi connectivity index (χ1n) is 7.93. The Kier molecular flexibility index (Phi) is 14.5. The maximum atomic E-state index is 11.5. The second kappa shape index (κ2) is 15.1. The fraction of sp³-hybridized carbons (Fsp3) is 0.875. The van der Waals surface area contributed by atoms with Crippen molar-refractivity contribution in [3.63, 3.8) is 0 Å². The van der Waals surface area contributed by atoms with E-state index in [0.29, 0.717) is 52.5 Å². The van der Waals surface area contributed by atoms with Gasteiger partial charge >= 0.3 is 0 Å². The quantitative estimate of drug-likeness (QED) is 0.403. The highest BCUT2D eigenvalue weighted by Crippen LogP contribution is 1.96. The first-order valence-corrected chi connectivity index (χ1v) is 7.93. The Morgan fingerprint density at radius 3 is 2.05 bits per heavy atom. The molecule has 0 unspecified atom stereocenters. The average Bonchev–Trinajstić information content (AvgIpc) is 2.49. The highest BCUT2D eigenvalue weighted by atomic mass is 16.5. The van der Waals surface area contributed by atoms with Crippen LogP contribution in [0.1, 0.15) is 33.6 Å². The Balaban J connectivity index is 3.25. The molecule has 0 heterocycles. The zero-order valence-electron chi connectivity index (χ0n) is 14.1. The van der Waals surface area contributed by atoms with Crippen LogP contribution in [0, 0.1) is 5.92 Å². The van der Waals surface area contributed by atoms with Crippen LogP contribution in [0.3, 0.4) is 0 Å². The van der Waals surface area contributed by atoms with Gasteiger partial charge in [-0.25, -0.2) is 0 Å². The van der Waals surface area contributed by atoms with Crippen LogP contribution in [0.5, 0.6) is 0 Å². The predicted molar refractivity (Wildman–Crippen MR) is 83.0 cm³/mol. The number of ketones is 2. The van der Waals surface area contributed by atoms with Gasteiger partial charge in [0.1, 0.15) is 13.2 Å². The van der Waals surface area contributed by atoms with Crippen LogP contribution in [0.25, 0.3) is 0 Å². The molecule has 0 saturated carbocycles. The van der Waals surface area contributed by atoms with E-state index in [1.54, 1.807) is 0 Å². The van der Waals surface area contributed by atoms with Crippen LogP contribution in [0.15, 0.2) is 0 Å². The van der Waals surface area contributed by atoms with E-state index >= 15 is 0 Å². The molecule has 22 heavy (non-hydrogen) atoms. The van der Waals surface area contributed by atoms with Crippen LogP contribution in [-0.4, -0.2) is 64.4 Å². The molecule has 0 spiro atoms. The highest BCUT2D eigenvalue weighted by molar-refractivity contribution is 5.81. The summed E-state index contributed by atoms with van der Waals surface area (Å²) in [5, 5.41) is 0. The van der Waals surface area contributed by atoms with Crippen LogP contribution in [0.2, 0.25) is 0 Å². The third-order valence-corrected chi connectivity index (χ3v) is 2.84. The molecule has 0 fully saturated rings. The lowest BCUT2D eigenvalue weighted by Crippen LogP contribution is -2.17. The first kappa shape index (κ1) is 21.2. The molecule has 0 N–H and O–H groups in total.